The highest BCUT2D eigenvalue weighted by atomic mass is 16.8. The van der Waals surface area contributed by atoms with Crippen LogP contribution >= 0.6 is 0 Å². The SMILES string of the molecule is CC/C=C\C/C=C\C/C=C\C/C=C\C/C=C\C/C=C\CCCCCCC(=O)NC(COC1OC(CO)C(OC2OC(CO)C(OC3OC(CO)C(O)C(O)C3O)C(O)C2O)C(O)C1O)C(O)/C=C/CCCCCCCCCCCCCCCCCC. The van der Waals surface area contributed by atoms with Crippen molar-refractivity contribution in [3.63, 3.8) is 0 Å². The molecule has 496 valence electrons. The standard InChI is InChI=1S/C67H115NO18/c1-3-5-7-9-11-13-15-17-19-21-23-24-25-26-27-29-31-33-35-37-39-41-43-45-55(73)68-50(51(72)44-42-40-38-36-34-32-30-28-22-20-18-16-14-12-10-8-6-4-2)49-81-65-61(79)58(76)63(53(47-70)83-65)86-67-62(80)59(77)64(54(48-71)84-67)85-66-60(78)57(75)56(74)52(46-69)82-66/h5,7,11,13,17,19,23-24,26-27,31,33,42,44,50-54,56-67,69-72,74-80H,3-4,6,8-10,12,14-16,18,20-22,25,28-30,32,34-41,43,45-49H2,1-2H3,(H,68,73)/b7-5-,13-11-,19-17-,24-23-,27-26-,33-31-,44-42+. The van der Waals surface area contributed by atoms with Gasteiger partial charge in [-0.15, -0.1) is 0 Å². The van der Waals surface area contributed by atoms with Gasteiger partial charge in [0, 0.05) is 6.42 Å². The minimum Gasteiger partial charge on any atom is -0.394 e. The third-order valence-corrected chi connectivity index (χ3v) is 15.9. The summed E-state index contributed by atoms with van der Waals surface area (Å²) in [5.74, 6) is -0.303. The number of aliphatic hydroxyl groups is 11. The summed E-state index contributed by atoms with van der Waals surface area (Å²) in [6, 6.07) is -0.993. The minimum absolute atomic E-state index is 0.209. The van der Waals surface area contributed by atoms with Gasteiger partial charge in [-0.2, -0.15) is 0 Å². The Kier molecular flexibility index (Phi) is 43.8. The van der Waals surface area contributed by atoms with E-state index >= 15 is 0 Å². The van der Waals surface area contributed by atoms with Crippen LogP contribution in [0, 0.1) is 0 Å². The molecule has 12 N–H and O–H groups in total. The van der Waals surface area contributed by atoms with Gasteiger partial charge in [0.25, 0.3) is 0 Å². The second kappa shape index (κ2) is 48.8. The molecular formula is C67H115NO18. The van der Waals surface area contributed by atoms with Gasteiger partial charge in [0.15, 0.2) is 18.9 Å². The van der Waals surface area contributed by atoms with Crippen molar-refractivity contribution in [1.29, 1.82) is 0 Å². The Morgan fingerprint density at radius 3 is 1.26 bits per heavy atom. The highest BCUT2D eigenvalue weighted by Crippen LogP contribution is 2.33. The number of allylic oxidation sites excluding steroid dienone is 13. The predicted molar refractivity (Wildman–Crippen MR) is 332 cm³/mol. The van der Waals surface area contributed by atoms with E-state index in [-0.39, 0.29) is 18.9 Å². The molecule has 3 rings (SSSR count). The molecule has 0 radical (unpaired) electrons. The lowest BCUT2D eigenvalue weighted by molar-refractivity contribution is -0.379. The number of ether oxygens (including phenoxy) is 6. The second-order valence-corrected chi connectivity index (χ2v) is 23.2. The maximum absolute atomic E-state index is 13.4. The van der Waals surface area contributed by atoms with Gasteiger partial charge in [0.05, 0.1) is 38.6 Å². The van der Waals surface area contributed by atoms with Crippen molar-refractivity contribution in [2.45, 2.75) is 304 Å². The lowest BCUT2D eigenvalue weighted by Gasteiger charge is -2.48. The fraction of sp³-hybridized carbons (Fsp3) is 0.776. The maximum atomic E-state index is 13.4. The monoisotopic (exact) mass is 1220 g/mol. The molecule has 0 aromatic rings. The van der Waals surface area contributed by atoms with Crippen molar-refractivity contribution in [3.8, 4) is 0 Å². The molecule has 19 nitrogen and oxygen atoms in total. The third-order valence-electron chi connectivity index (χ3n) is 15.9. The van der Waals surface area contributed by atoms with Gasteiger partial charge in [0.2, 0.25) is 5.91 Å². The number of rotatable bonds is 48. The first-order valence-corrected chi connectivity index (χ1v) is 32.8. The molecule has 19 heteroatoms. The fourth-order valence-electron chi connectivity index (χ4n) is 10.6. The van der Waals surface area contributed by atoms with Crippen molar-refractivity contribution in [1.82, 2.24) is 5.32 Å². The van der Waals surface area contributed by atoms with Gasteiger partial charge in [0.1, 0.15) is 73.2 Å². The number of carbonyl (C=O) groups excluding carboxylic acids is 1. The van der Waals surface area contributed by atoms with Crippen LogP contribution in [0.1, 0.15) is 200 Å². The molecule has 3 aliphatic rings. The average Bonchev–Trinajstić information content (AvgIpc) is 1.83. The van der Waals surface area contributed by atoms with E-state index in [4.69, 9.17) is 28.4 Å². The van der Waals surface area contributed by atoms with E-state index in [1.54, 1.807) is 6.08 Å². The van der Waals surface area contributed by atoms with Crippen LogP contribution in [0.25, 0.3) is 0 Å². The summed E-state index contributed by atoms with van der Waals surface area (Å²) >= 11 is 0. The van der Waals surface area contributed by atoms with Crippen LogP contribution in [-0.4, -0.2) is 193 Å². The molecule has 0 aromatic carbocycles. The predicted octanol–water partition coefficient (Wildman–Crippen LogP) is 7.54. The van der Waals surface area contributed by atoms with Crippen molar-refractivity contribution in [3.05, 3.63) is 85.1 Å². The Hall–Kier alpha value is -3.03. The van der Waals surface area contributed by atoms with Crippen molar-refractivity contribution in [2.75, 3.05) is 26.4 Å². The second-order valence-electron chi connectivity index (χ2n) is 23.2. The van der Waals surface area contributed by atoms with Gasteiger partial charge in [-0.05, 0) is 70.6 Å². The summed E-state index contributed by atoms with van der Waals surface area (Å²) in [5.41, 5.74) is 0. The number of hydrogen-bond donors (Lipinski definition) is 12. The van der Waals surface area contributed by atoms with Crippen LogP contribution < -0.4 is 5.32 Å². The average molecular weight is 1220 g/mol. The number of aliphatic hydroxyl groups excluding tert-OH is 11. The highest BCUT2D eigenvalue weighted by molar-refractivity contribution is 5.76. The highest BCUT2D eigenvalue weighted by Gasteiger charge is 2.53. The summed E-state index contributed by atoms with van der Waals surface area (Å²) in [4.78, 5) is 13.4. The molecule has 0 bridgehead atoms. The fourth-order valence-corrected chi connectivity index (χ4v) is 10.6. The molecule has 0 saturated carbocycles. The van der Waals surface area contributed by atoms with E-state index < -0.39 is 124 Å². The summed E-state index contributed by atoms with van der Waals surface area (Å²) in [6.07, 6.45) is 34.0. The maximum Gasteiger partial charge on any atom is 0.220 e. The molecule has 3 heterocycles. The van der Waals surface area contributed by atoms with Gasteiger partial charge >= 0.3 is 0 Å². The number of unbranched alkanes of at least 4 members (excludes halogenated alkanes) is 20. The first kappa shape index (κ1) is 77.2. The van der Waals surface area contributed by atoms with E-state index in [0.29, 0.717) is 6.42 Å². The molecule has 17 atom stereocenters. The number of carbonyl (C=O) groups is 1. The molecule has 3 aliphatic heterocycles. The van der Waals surface area contributed by atoms with Crippen LogP contribution in [-0.2, 0) is 33.2 Å². The van der Waals surface area contributed by atoms with Gasteiger partial charge in [-0.25, -0.2) is 0 Å². The molecule has 0 aromatic heterocycles. The van der Waals surface area contributed by atoms with Crippen LogP contribution in [0.4, 0.5) is 0 Å². The van der Waals surface area contributed by atoms with Crippen LogP contribution in [0.15, 0.2) is 85.1 Å². The molecule has 3 saturated heterocycles. The zero-order valence-electron chi connectivity index (χ0n) is 52.0. The van der Waals surface area contributed by atoms with E-state index in [1.807, 2.05) is 6.08 Å². The summed E-state index contributed by atoms with van der Waals surface area (Å²) in [7, 11) is 0. The molecule has 3 fully saturated rings. The zero-order chi connectivity index (χ0) is 62.6. The number of amides is 1. The molecule has 0 aliphatic carbocycles. The molecule has 86 heavy (non-hydrogen) atoms. The summed E-state index contributed by atoms with van der Waals surface area (Å²) in [5, 5.41) is 120. The molecule has 17 unspecified atom stereocenters. The Labute approximate surface area is 514 Å². The Morgan fingerprint density at radius 1 is 0.430 bits per heavy atom. The first-order valence-electron chi connectivity index (χ1n) is 32.8. The Morgan fingerprint density at radius 2 is 0.802 bits per heavy atom. The summed E-state index contributed by atoms with van der Waals surface area (Å²) in [6.45, 7) is 1.59. The normalized spacial score (nSPS) is 29.3. The quantitative estimate of drug-likeness (QED) is 0.0207. The molecular weight excluding hydrogens is 1110 g/mol. The number of nitrogens with one attached hydrogen (secondary N) is 1. The Bertz CT molecular complexity index is 1890. The molecule has 1 amide bonds. The number of hydrogen-bond acceptors (Lipinski definition) is 18. The van der Waals surface area contributed by atoms with Crippen molar-refractivity contribution < 1.29 is 89.4 Å². The molecule has 0 spiro atoms. The Balaban J connectivity index is 1.48. The van der Waals surface area contributed by atoms with Crippen molar-refractivity contribution >= 4 is 5.91 Å². The van der Waals surface area contributed by atoms with E-state index in [2.05, 4.69) is 92.1 Å². The van der Waals surface area contributed by atoms with Gasteiger partial charge in [-0.3, -0.25) is 4.79 Å². The first-order chi connectivity index (χ1) is 41.8. The van der Waals surface area contributed by atoms with Crippen molar-refractivity contribution in [2.24, 2.45) is 0 Å². The largest absolute Gasteiger partial charge is 0.394 e. The van der Waals surface area contributed by atoms with E-state index in [1.165, 1.54) is 83.5 Å². The third kappa shape index (κ3) is 31.1. The lowest BCUT2D eigenvalue weighted by atomic mass is 9.96. The van der Waals surface area contributed by atoms with Gasteiger partial charge < -0.3 is 89.9 Å². The smallest absolute Gasteiger partial charge is 0.220 e. The lowest BCUT2D eigenvalue weighted by Crippen LogP contribution is -2.66. The van der Waals surface area contributed by atoms with E-state index in [9.17, 15) is 61.0 Å². The van der Waals surface area contributed by atoms with E-state index in [0.717, 1.165) is 89.9 Å². The van der Waals surface area contributed by atoms with Crippen LogP contribution in [0.5, 0.6) is 0 Å². The van der Waals surface area contributed by atoms with Crippen LogP contribution in [0.3, 0.4) is 0 Å². The minimum atomic E-state index is -1.98. The topological polar surface area (TPSA) is 307 Å². The van der Waals surface area contributed by atoms with Crippen LogP contribution in [0.2, 0.25) is 0 Å². The zero-order valence-corrected chi connectivity index (χ0v) is 52.0. The summed E-state index contributed by atoms with van der Waals surface area (Å²) < 4.78 is 34.3. The van der Waals surface area contributed by atoms with Gasteiger partial charge in [-0.1, -0.05) is 208 Å².